The van der Waals surface area contributed by atoms with Gasteiger partial charge in [-0.3, -0.25) is 9.69 Å². The molecule has 0 bridgehead atoms. The third kappa shape index (κ3) is 4.91. The van der Waals surface area contributed by atoms with Crippen LogP contribution >= 0.6 is 0 Å². The Morgan fingerprint density at radius 2 is 1.93 bits per heavy atom. The molecule has 0 radical (unpaired) electrons. The Bertz CT molecular complexity index is 899. The molecule has 2 aromatic carbocycles. The largest absolute Gasteiger partial charge is 0.505 e. The number of morpholine rings is 1. The molecule has 4 rings (SSSR count). The second kappa shape index (κ2) is 9.45. The number of fused-ring (bicyclic) bond motifs is 1. The summed E-state index contributed by atoms with van der Waals surface area (Å²) < 4.78 is 24.8. The second-order valence-electron chi connectivity index (χ2n) is 7.74. The predicted octanol–water partition coefficient (Wildman–Crippen LogP) is 2.72. The van der Waals surface area contributed by atoms with E-state index in [0.29, 0.717) is 70.9 Å². The lowest BCUT2D eigenvalue weighted by atomic mass is 10.0. The fraction of sp³-hybridized carbons (Fsp3) is 0.435. The molecule has 1 amide bonds. The van der Waals surface area contributed by atoms with Crippen molar-refractivity contribution in [3.05, 3.63) is 58.9 Å². The van der Waals surface area contributed by atoms with Gasteiger partial charge < -0.3 is 19.5 Å². The smallest absolute Gasteiger partial charge is 0.223 e. The molecule has 2 aliphatic rings. The normalized spacial score (nSPS) is 17.2. The number of aryl methyl sites for hydroxylation is 1. The number of halogens is 1. The first kappa shape index (κ1) is 20.6. The summed E-state index contributed by atoms with van der Waals surface area (Å²) in [5.41, 5.74) is 2.69. The van der Waals surface area contributed by atoms with Gasteiger partial charge in [-0.05, 0) is 24.1 Å². The number of rotatable bonds is 5. The van der Waals surface area contributed by atoms with E-state index in [2.05, 4.69) is 11.0 Å². The topological polar surface area (TPSA) is 62.2 Å². The van der Waals surface area contributed by atoms with Crippen molar-refractivity contribution in [2.24, 2.45) is 0 Å². The molecule has 0 unspecified atom stereocenters. The molecule has 1 saturated heterocycles. The van der Waals surface area contributed by atoms with Crippen molar-refractivity contribution in [3.8, 4) is 11.5 Å². The molecule has 6 nitrogen and oxygen atoms in total. The van der Waals surface area contributed by atoms with Crippen molar-refractivity contribution < 1.29 is 23.8 Å². The summed E-state index contributed by atoms with van der Waals surface area (Å²) in [7, 11) is 0. The molecule has 7 heteroatoms. The lowest BCUT2D eigenvalue weighted by Gasteiger charge is -2.26. The van der Waals surface area contributed by atoms with Crippen molar-refractivity contribution in [2.45, 2.75) is 25.9 Å². The molecular weight excluding hydrogens is 387 g/mol. The van der Waals surface area contributed by atoms with E-state index in [0.717, 1.165) is 16.9 Å². The number of nitrogens with zero attached hydrogens (tertiary/aromatic N) is 2. The third-order valence-corrected chi connectivity index (χ3v) is 5.64. The van der Waals surface area contributed by atoms with Crippen LogP contribution in [0.1, 0.15) is 23.1 Å². The number of ether oxygens (including phenoxy) is 2. The minimum Gasteiger partial charge on any atom is -0.505 e. The average Bonchev–Trinajstić information content (AvgIpc) is 2.97. The number of para-hydroxylation sites is 1. The van der Waals surface area contributed by atoms with E-state index in [-0.39, 0.29) is 11.7 Å². The molecule has 2 aromatic rings. The van der Waals surface area contributed by atoms with Crippen LogP contribution in [-0.4, -0.2) is 60.3 Å². The van der Waals surface area contributed by atoms with Gasteiger partial charge >= 0.3 is 0 Å². The molecule has 160 valence electrons. The zero-order valence-corrected chi connectivity index (χ0v) is 17.0. The minimum atomic E-state index is -0.605. The summed E-state index contributed by atoms with van der Waals surface area (Å²) in [5.74, 6) is 0.0985. The van der Waals surface area contributed by atoms with Crippen LogP contribution in [0.2, 0.25) is 0 Å². The first-order valence-electron chi connectivity index (χ1n) is 10.4. The van der Waals surface area contributed by atoms with Crippen LogP contribution in [-0.2, 0) is 29.0 Å². The van der Waals surface area contributed by atoms with Crippen LogP contribution in [0.3, 0.4) is 0 Å². The lowest BCUT2D eigenvalue weighted by molar-refractivity contribution is -0.135. The summed E-state index contributed by atoms with van der Waals surface area (Å²) in [6.45, 7) is 4.82. The summed E-state index contributed by atoms with van der Waals surface area (Å²) in [6.07, 6.45) is 1.15. The van der Waals surface area contributed by atoms with Crippen LogP contribution in [0, 0.1) is 5.82 Å². The van der Waals surface area contributed by atoms with Gasteiger partial charge in [0.2, 0.25) is 5.91 Å². The average molecular weight is 414 g/mol. The van der Waals surface area contributed by atoms with Crippen LogP contribution in [0.25, 0.3) is 0 Å². The van der Waals surface area contributed by atoms with Crippen molar-refractivity contribution in [3.63, 3.8) is 0 Å². The van der Waals surface area contributed by atoms with E-state index in [1.807, 2.05) is 17.0 Å². The molecule has 0 saturated carbocycles. The van der Waals surface area contributed by atoms with Gasteiger partial charge in [-0.2, -0.15) is 0 Å². The monoisotopic (exact) mass is 414 g/mol. The van der Waals surface area contributed by atoms with Gasteiger partial charge in [0.25, 0.3) is 0 Å². The van der Waals surface area contributed by atoms with Crippen LogP contribution in [0.15, 0.2) is 36.4 Å². The number of amides is 1. The van der Waals surface area contributed by atoms with Crippen molar-refractivity contribution in [1.82, 2.24) is 9.80 Å². The molecule has 1 N–H and O–H groups in total. The second-order valence-corrected chi connectivity index (χ2v) is 7.74. The SMILES string of the molecule is O=C(CCc1ccc2c(c1)CN(Cc1cccc(F)c1O)CCO2)N1CCOCC1. The standard InChI is InChI=1S/C23H27FN2O4/c24-20-3-1-2-18(23(20)28)15-25-8-13-30-21-6-4-17(14-19(21)16-25)5-7-22(27)26-9-11-29-12-10-26/h1-4,6,14,28H,5,7-13,15-16H2. The Morgan fingerprint density at radius 3 is 2.77 bits per heavy atom. The summed E-state index contributed by atoms with van der Waals surface area (Å²) in [6, 6.07) is 10.7. The van der Waals surface area contributed by atoms with E-state index in [4.69, 9.17) is 9.47 Å². The zero-order chi connectivity index (χ0) is 20.9. The van der Waals surface area contributed by atoms with E-state index in [9.17, 15) is 14.3 Å². The van der Waals surface area contributed by atoms with E-state index in [1.165, 1.54) is 6.07 Å². The van der Waals surface area contributed by atoms with Gasteiger partial charge in [-0.25, -0.2) is 4.39 Å². The summed E-state index contributed by atoms with van der Waals surface area (Å²) in [5, 5.41) is 9.99. The molecule has 2 heterocycles. The first-order valence-corrected chi connectivity index (χ1v) is 10.4. The fourth-order valence-electron chi connectivity index (χ4n) is 3.94. The lowest BCUT2D eigenvalue weighted by Crippen LogP contribution is -2.40. The molecule has 0 atom stereocenters. The Labute approximate surface area is 175 Å². The van der Waals surface area contributed by atoms with Crippen molar-refractivity contribution >= 4 is 5.91 Å². The maximum atomic E-state index is 13.7. The molecule has 0 aromatic heterocycles. The summed E-state index contributed by atoms with van der Waals surface area (Å²) >= 11 is 0. The maximum absolute atomic E-state index is 13.7. The van der Waals surface area contributed by atoms with E-state index in [1.54, 1.807) is 12.1 Å². The van der Waals surface area contributed by atoms with Gasteiger partial charge in [0.15, 0.2) is 11.6 Å². The number of aromatic hydroxyl groups is 1. The quantitative estimate of drug-likeness (QED) is 0.815. The number of hydrogen-bond donors (Lipinski definition) is 1. The van der Waals surface area contributed by atoms with Gasteiger partial charge in [0.1, 0.15) is 12.4 Å². The highest BCUT2D eigenvalue weighted by atomic mass is 19.1. The number of benzene rings is 2. The number of carbonyl (C=O) groups excluding carboxylic acids is 1. The third-order valence-electron chi connectivity index (χ3n) is 5.64. The fourth-order valence-corrected chi connectivity index (χ4v) is 3.94. The Balaban J connectivity index is 1.41. The van der Waals surface area contributed by atoms with Crippen LogP contribution in [0.4, 0.5) is 4.39 Å². The molecule has 2 aliphatic heterocycles. The molecule has 0 aliphatic carbocycles. The summed E-state index contributed by atoms with van der Waals surface area (Å²) in [4.78, 5) is 16.4. The highest BCUT2D eigenvalue weighted by Crippen LogP contribution is 2.28. The Morgan fingerprint density at radius 1 is 1.10 bits per heavy atom. The number of phenolic OH excluding ortho intramolecular Hbond substituents is 1. The maximum Gasteiger partial charge on any atom is 0.223 e. The van der Waals surface area contributed by atoms with Gasteiger partial charge in [0, 0.05) is 50.3 Å². The Hall–Kier alpha value is -2.64. The molecular formula is C23H27FN2O4. The van der Waals surface area contributed by atoms with Crippen LogP contribution in [0.5, 0.6) is 11.5 Å². The molecule has 1 fully saturated rings. The highest BCUT2D eigenvalue weighted by Gasteiger charge is 2.19. The Kier molecular flexibility index (Phi) is 6.50. The number of phenols is 1. The van der Waals surface area contributed by atoms with Crippen molar-refractivity contribution in [2.75, 3.05) is 39.5 Å². The number of hydrogen-bond acceptors (Lipinski definition) is 5. The molecule has 0 spiro atoms. The predicted molar refractivity (Wildman–Crippen MR) is 110 cm³/mol. The van der Waals surface area contributed by atoms with Gasteiger partial charge in [-0.1, -0.05) is 24.3 Å². The van der Waals surface area contributed by atoms with Gasteiger partial charge in [-0.15, -0.1) is 0 Å². The highest BCUT2D eigenvalue weighted by molar-refractivity contribution is 5.76. The van der Waals surface area contributed by atoms with E-state index >= 15 is 0 Å². The van der Waals surface area contributed by atoms with Gasteiger partial charge in [0.05, 0.1) is 13.2 Å². The van der Waals surface area contributed by atoms with Crippen molar-refractivity contribution in [1.29, 1.82) is 0 Å². The first-order chi connectivity index (χ1) is 14.6. The number of carbonyl (C=O) groups is 1. The zero-order valence-electron chi connectivity index (χ0n) is 17.0. The molecule has 30 heavy (non-hydrogen) atoms. The van der Waals surface area contributed by atoms with Crippen LogP contribution < -0.4 is 4.74 Å². The van der Waals surface area contributed by atoms with E-state index < -0.39 is 5.82 Å². The minimum absolute atomic E-state index is 0.160.